The molecule has 1 atom stereocenters. The molecule has 6 nitrogen and oxygen atoms in total. The molecule has 1 aromatic carbocycles. The number of amides is 1. The smallest absolute Gasteiger partial charge is 0.228 e. The van der Waals surface area contributed by atoms with Crippen molar-refractivity contribution < 1.29 is 9.90 Å². The maximum Gasteiger partial charge on any atom is 0.228 e. The van der Waals surface area contributed by atoms with Gasteiger partial charge in [-0.15, -0.1) is 0 Å². The average molecular weight is 383 g/mol. The molecule has 4 rings (SSSR count). The molecule has 0 spiro atoms. The molecule has 3 heterocycles. The molecule has 0 radical (unpaired) electrons. The van der Waals surface area contributed by atoms with E-state index in [2.05, 4.69) is 15.2 Å². The van der Waals surface area contributed by atoms with Crippen molar-refractivity contribution in [2.75, 3.05) is 11.4 Å². The van der Waals surface area contributed by atoms with Gasteiger partial charge in [0.15, 0.2) is 5.82 Å². The van der Waals surface area contributed by atoms with Gasteiger partial charge in [-0.05, 0) is 42.7 Å². The minimum absolute atomic E-state index is 0.00845. The zero-order chi connectivity index (χ0) is 18.8. The van der Waals surface area contributed by atoms with Crippen molar-refractivity contribution in [1.29, 1.82) is 0 Å². The quantitative estimate of drug-likeness (QED) is 0.723. The summed E-state index contributed by atoms with van der Waals surface area (Å²) in [6.07, 6.45) is 4.21. The number of hydrogen-bond acceptors (Lipinski definition) is 4. The van der Waals surface area contributed by atoms with Crippen LogP contribution in [-0.4, -0.2) is 32.7 Å². The maximum atomic E-state index is 12.8. The molecule has 0 bridgehead atoms. The molecule has 2 N–H and O–H groups in total. The summed E-state index contributed by atoms with van der Waals surface area (Å²) in [6, 6.07) is 11.2. The van der Waals surface area contributed by atoms with E-state index in [1.165, 1.54) is 0 Å². The average Bonchev–Trinajstić information content (AvgIpc) is 3.14. The first kappa shape index (κ1) is 17.7. The molecule has 1 aliphatic heterocycles. The highest BCUT2D eigenvalue weighted by Crippen LogP contribution is 2.39. The van der Waals surface area contributed by atoms with E-state index in [1.807, 2.05) is 36.4 Å². The van der Waals surface area contributed by atoms with E-state index in [9.17, 15) is 9.90 Å². The summed E-state index contributed by atoms with van der Waals surface area (Å²) in [6.45, 7) is 0.453. The van der Waals surface area contributed by atoms with Crippen LogP contribution in [0.5, 0.6) is 0 Å². The lowest BCUT2D eigenvalue weighted by Crippen LogP contribution is -2.37. The third kappa shape index (κ3) is 3.59. The van der Waals surface area contributed by atoms with Crippen molar-refractivity contribution in [3.63, 3.8) is 0 Å². The summed E-state index contributed by atoms with van der Waals surface area (Å²) in [5.41, 5.74) is 3.35. The standard InChI is InChI=1S/C20H19ClN4O2/c21-15-4-1-13(2-5-15)3-6-17(27)25-12-9-16(26)18-19(23-24-20(18)25)14-7-10-22-11-8-14/h1-2,4-5,7-8,10-11,16,26H,3,6,9,12H2,(H,23,24). The van der Waals surface area contributed by atoms with Crippen LogP contribution in [0, 0.1) is 0 Å². The summed E-state index contributed by atoms with van der Waals surface area (Å²) in [7, 11) is 0. The Kier molecular flexibility index (Phi) is 4.92. The molecular weight excluding hydrogens is 364 g/mol. The highest BCUT2D eigenvalue weighted by atomic mass is 35.5. The molecular formula is C20H19ClN4O2. The lowest BCUT2D eigenvalue weighted by atomic mass is 9.98. The second-order valence-corrected chi connectivity index (χ2v) is 6.98. The number of rotatable bonds is 4. The Morgan fingerprint density at radius 3 is 2.70 bits per heavy atom. The number of aliphatic hydroxyl groups excluding tert-OH is 1. The van der Waals surface area contributed by atoms with Crippen molar-refractivity contribution >= 4 is 23.3 Å². The Bertz CT molecular complexity index is 940. The number of aryl methyl sites for hydroxylation is 1. The predicted octanol–water partition coefficient (Wildman–Crippen LogP) is 3.53. The number of nitrogens with one attached hydrogen (secondary N) is 1. The monoisotopic (exact) mass is 382 g/mol. The van der Waals surface area contributed by atoms with E-state index in [4.69, 9.17) is 11.6 Å². The fourth-order valence-corrected chi connectivity index (χ4v) is 3.51. The number of halogens is 1. The Hall–Kier alpha value is -2.70. The Morgan fingerprint density at radius 1 is 1.22 bits per heavy atom. The second kappa shape index (κ2) is 7.50. The molecule has 1 unspecified atom stereocenters. The van der Waals surface area contributed by atoms with Crippen molar-refractivity contribution in [3.8, 4) is 11.3 Å². The number of anilines is 1. The van der Waals surface area contributed by atoms with Gasteiger partial charge in [-0.2, -0.15) is 5.10 Å². The van der Waals surface area contributed by atoms with Crippen molar-refractivity contribution in [2.24, 2.45) is 0 Å². The molecule has 1 aliphatic rings. The van der Waals surface area contributed by atoms with E-state index in [0.29, 0.717) is 42.2 Å². The van der Waals surface area contributed by atoms with Gasteiger partial charge in [-0.3, -0.25) is 19.8 Å². The van der Waals surface area contributed by atoms with Crippen molar-refractivity contribution in [2.45, 2.75) is 25.4 Å². The van der Waals surface area contributed by atoms with E-state index < -0.39 is 6.10 Å². The Labute approximate surface area is 161 Å². The van der Waals surface area contributed by atoms with E-state index in [-0.39, 0.29) is 5.91 Å². The SMILES string of the molecule is O=C(CCc1ccc(Cl)cc1)N1CCC(O)c2c1n[nH]c2-c1ccncc1. The van der Waals surface area contributed by atoms with Gasteiger partial charge in [0.25, 0.3) is 0 Å². The molecule has 138 valence electrons. The fraction of sp³-hybridized carbons (Fsp3) is 0.250. The molecule has 27 heavy (non-hydrogen) atoms. The molecule has 3 aromatic rings. The molecule has 2 aromatic heterocycles. The number of carbonyl (C=O) groups excluding carboxylic acids is 1. The molecule has 7 heteroatoms. The third-order valence-corrected chi connectivity index (χ3v) is 5.06. The van der Waals surface area contributed by atoms with E-state index >= 15 is 0 Å². The first-order valence-electron chi connectivity index (χ1n) is 8.85. The lowest BCUT2D eigenvalue weighted by molar-refractivity contribution is -0.118. The minimum Gasteiger partial charge on any atom is -0.388 e. The van der Waals surface area contributed by atoms with Crippen LogP contribution in [0.1, 0.15) is 30.1 Å². The van der Waals surface area contributed by atoms with Crippen LogP contribution < -0.4 is 4.90 Å². The van der Waals surface area contributed by atoms with E-state index in [0.717, 1.165) is 16.8 Å². The van der Waals surface area contributed by atoms with Gasteiger partial charge in [0.05, 0.1) is 17.4 Å². The summed E-state index contributed by atoms with van der Waals surface area (Å²) in [5, 5.41) is 18.5. The fourth-order valence-electron chi connectivity index (χ4n) is 3.38. The number of pyridine rings is 1. The summed E-state index contributed by atoms with van der Waals surface area (Å²) in [5.74, 6) is 0.507. The zero-order valence-electron chi connectivity index (χ0n) is 14.6. The van der Waals surface area contributed by atoms with Crippen LogP contribution in [0.2, 0.25) is 5.02 Å². The number of H-pyrrole nitrogens is 1. The number of carbonyl (C=O) groups is 1. The van der Waals surface area contributed by atoms with Crippen LogP contribution in [0.3, 0.4) is 0 Å². The molecule has 0 aliphatic carbocycles. The first-order chi connectivity index (χ1) is 13.1. The third-order valence-electron chi connectivity index (χ3n) is 4.81. The van der Waals surface area contributed by atoms with Gasteiger partial charge in [-0.1, -0.05) is 23.7 Å². The summed E-state index contributed by atoms with van der Waals surface area (Å²) in [4.78, 5) is 18.5. The first-order valence-corrected chi connectivity index (χ1v) is 9.23. The van der Waals surface area contributed by atoms with Crippen LogP contribution in [0.15, 0.2) is 48.8 Å². The highest BCUT2D eigenvalue weighted by Gasteiger charge is 2.32. The number of aromatic amines is 1. The maximum absolute atomic E-state index is 12.8. The molecule has 0 fully saturated rings. The van der Waals surface area contributed by atoms with Crippen LogP contribution in [-0.2, 0) is 11.2 Å². The van der Waals surface area contributed by atoms with Crippen LogP contribution >= 0.6 is 11.6 Å². The second-order valence-electron chi connectivity index (χ2n) is 6.55. The van der Waals surface area contributed by atoms with Crippen molar-refractivity contribution in [1.82, 2.24) is 15.2 Å². The summed E-state index contributed by atoms with van der Waals surface area (Å²) >= 11 is 5.90. The number of hydrogen-bond donors (Lipinski definition) is 2. The minimum atomic E-state index is -0.651. The number of aromatic nitrogens is 3. The number of nitrogens with zero attached hydrogens (tertiary/aromatic N) is 3. The number of benzene rings is 1. The lowest BCUT2D eigenvalue weighted by Gasteiger charge is -2.29. The molecule has 1 amide bonds. The van der Waals surface area contributed by atoms with Gasteiger partial charge in [0, 0.05) is 35.9 Å². The number of aliphatic hydroxyl groups is 1. The van der Waals surface area contributed by atoms with Gasteiger partial charge in [-0.25, -0.2) is 0 Å². The van der Waals surface area contributed by atoms with E-state index in [1.54, 1.807) is 17.3 Å². The largest absolute Gasteiger partial charge is 0.388 e. The van der Waals surface area contributed by atoms with Crippen LogP contribution in [0.25, 0.3) is 11.3 Å². The van der Waals surface area contributed by atoms with Crippen LogP contribution in [0.4, 0.5) is 5.82 Å². The zero-order valence-corrected chi connectivity index (χ0v) is 15.4. The molecule has 0 saturated heterocycles. The number of fused-ring (bicyclic) bond motifs is 1. The summed E-state index contributed by atoms with van der Waals surface area (Å²) < 4.78 is 0. The van der Waals surface area contributed by atoms with Gasteiger partial charge in [0.1, 0.15) is 0 Å². The Balaban J connectivity index is 1.55. The van der Waals surface area contributed by atoms with Crippen molar-refractivity contribution in [3.05, 3.63) is 64.9 Å². The van der Waals surface area contributed by atoms with Gasteiger partial charge in [0.2, 0.25) is 5.91 Å². The van der Waals surface area contributed by atoms with Gasteiger partial charge < -0.3 is 5.11 Å². The predicted molar refractivity (Wildman–Crippen MR) is 104 cm³/mol. The highest BCUT2D eigenvalue weighted by molar-refractivity contribution is 6.30. The van der Waals surface area contributed by atoms with Gasteiger partial charge >= 0.3 is 0 Å². The normalized spacial score (nSPS) is 16.2. The topological polar surface area (TPSA) is 82.1 Å². The molecule has 0 saturated carbocycles. The Morgan fingerprint density at radius 2 is 1.96 bits per heavy atom.